The highest BCUT2D eigenvalue weighted by molar-refractivity contribution is 5.74. The standard InChI is InChI=1S/C13H19N3O4/c1-9-4-3-5-10(16-9)7-14-13(19)15-8-11(20-2)6-12(17)18/h3-5,11H,6-8H2,1-2H3,(H,17,18)(H2,14,15,19). The number of aromatic nitrogens is 1. The number of carboxylic acid groups (broad SMARTS) is 1. The number of carbonyl (C=O) groups is 2. The highest BCUT2D eigenvalue weighted by Crippen LogP contribution is 1.98. The number of urea groups is 1. The fourth-order valence-corrected chi connectivity index (χ4v) is 1.57. The minimum absolute atomic E-state index is 0.135. The summed E-state index contributed by atoms with van der Waals surface area (Å²) in [6.45, 7) is 2.32. The van der Waals surface area contributed by atoms with Crippen LogP contribution in [0.2, 0.25) is 0 Å². The van der Waals surface area contributed by atoms with Crippen LogP contribution < -0.4 is 10.6 Å². The lowest BCUT2D eigenvalue weighted by Crippen LogP contribution is -2.40. The molecule has 7 heteroatoms. The zero-order valence-corrected chi connectivity index (χ0v) is 11.5. The van der Waals surface area contributed by atoms with Crippen LogP contribution in [0, 0.1) is 6.92 Å². The zero-order chi connectivity index (χ0) is 15.0. The van der Waals surface area contributed by atoms with Gasteiger partial charge in [-0.3, -0.25) is 9.78 Å². The van der Waals surface area contributed by atoms with Crippen LogP contribution in [0.4, 0.5) is 4.79 Å². The number of amides is 2. The lowest BCUT2D eigenvalue weighted by Gasteiger charge is -2.14. The monoisotopic (exact) mass is 281 g/mol. The average Bonchev–Trinajstić information content (AvgIpc) is 2.40. The number of carbonyl (C=O) groups excluding carboxylic acids is 1. The molecule has 0 spiro atoms. The van der Waals surface area contributed by atoms with Crippen LogP contribution in [0.15, 0.2) is 18.2 Å². The van der Waals surface area contributed by atoms with Gasteiger partial charge in [-0.25, -0.2) is 4.79 Å². The average molecular weight is 281 g/mol. The van der Waals surface area contributed by atoms with E-state index in [0.29, 0.717) is 6.54 Å². The van der Waals surface area contributed by atoms with Gasteiger partial charge >= 0.3 is 12.0 Å². The Bertz CT molecular complexity index is 465. The first kappa shape index (κ1) is 15.9. The molecule has 0 aliphatic rings. The summed E-state index contributed by atoms with van der Waals surface area (Å²) in [6, 6.07) is 5.17. The molecule has 0 radical (unpaired) electrons. The van der Waals surface area contributed by atoms with Crippen molar-refractivity contribution < 1.29 is 19.4 Å². The maximum Gasteiger partial charge on any atom is 0.315 e. The second kappa shape index (κ2) is 8.11. The van der Waals surface area contributed by atoms with Gasteiger partial charge < -0.3 is 20.5 Å². The smallest absolute Gasteiger partial charge is 0.315 e. The number of rotatable bonds is 7. The van der Waals surface area contributed by atoms with Gasteiger partial charge in [0.15, 0.2) is 0 Å². The lowest BCUT2D eigenvalue weighted by molar-refractivity contribution is -0.139. The Labute approximate surface area is 117 Å². The number of ether oxygens (including phenoxy) is 1. The number of methoxy groups -OCH3 is 1. The molecule has 0 fully saturated rings. The van der Waals surface area contributed by atoms with E-state index in [2.05, 4.69) is 15.6 Å². The van der Waals surface area contributed by atoms with Gasteiger partial charge in [0, 0.05) is 19.3 Å². The summed E-state index contributed by atoms with van der Waals surface area (Å²) in [5.41, 5.74) is 1.64. The number of nitrogens with one attached hydrogen (secondary N) is 2. The van der Waals surface area contributed by atoms with Crippen molar-refractivity contribution in [3.63, 3.8) is 0 Å². The Balaban J connectivity index is 2.31. The van der Waals surface area contributed by atoms with E-state index in [9.17, 15) is 9.59 Å². The third-order valence-electron chi connectivity index (χ3n) is 2.60. The van der Waals surface area contributed by atoms with E-state index in [1.54, 1.807) is 0 Å². The molecule has 0 saturated heterocycles. The second-order valence-corrected chi connectivity index (χ2v) is 4.29. The van der Waals surface area contributed by atoms with E-state index in [0.717, 1.165) is 11.4 Å². The van der Waals surface area contributed by atoms with Crippen LogP contribution in [0.3, 0.4) is 0 Å². The fraction of sp³-hybridized carbons (Fsp3) is 0.462. The van der Waals surface area contributed by atoms with E-state index >= 15 is 0 Å². The lowest BCUT2D eigenvalue weighted by atomic mass is 10.2. The first-order valence-corrected chi connectivity index (χ1v) is 6.20. The van der Waals surface area contributed by atoms with E-state index in [4.69, 9.17) is 9.84 Å². The third kappa shape index (κ3) is 6.14. The highest BCUT2D eigenvalue weighted by atomic mass is 16.5. The minimum Gasteiger partial charge on any atom is -0.481 e. The molecule has 7 nitrogen and oxygen atoms in total. The SMILES string of the molecule is COC(CNC(=O)NCc1cccc(C)n1)CC(=O)O. The molecule has 0 aromatic carbocycles. The van der Waals surface area contributed by atoms with Crippen molar-refractivity contribution in [1.82, 2.24) is 15.6 Å². The van der Waals surface area contributed by atoms with Crippen LogP contribution in [0.1, 0.15) is 17.8 Å². The van der Waals surface area contributed by atoms with Crippen LogP contribution in [-0.4, -0.2) is 41.8 Å². The molecule has 1 aromatic rings. The van der Waals surface area contributed by atoms with Crippen molar-refractivity contribution in [2.24, 2.45) is 0 Å². The molecule has 110 valence electrons. The molecule has 1 atom stereocenters. The van der Waals surface area contributed by atoms with Gasteiger partial charge in [-0.1, -0.05) is 6.07 Å². The molecule has 1 unspecified atom stereocenters. The topological polar surface area (TPSA) is 101 Å². The number of pyridine rings is 1. The minimum atomic E-state index is -0.969. The molecule has 1 heterocycles. The fourth-order valence-electron chi connectivity index (χ4n) is 1.57. The van der Waals surface area contributed by atoms with Crippen LogP contribution in [0.25, 0.3) is 0 Å². The molecular formula is C13H19N3O4. The van der Waals surface area contributed by atoms with E-state index in [1.165, 1.54) is 7.11 Å². The molecule has 20 heavy (non-hydrogen) atoms. The molecular weight excluding hydrogens is 262 g/mol. The largest absolute Gasteiger partial charge is 0.481 e. The van der Waals surface area contributed by atoms with Crippen molar-refractivity contribution in [2.75, 3.05) is 13.7 Å². The third-order valence-corrected chi connectivity index (χ3v) is 2.60. The summed E-state index contributed by atoms with van der Waals surface area (Å²) >= 11 is 0. The first-order valence-electron chi connectivity index (χ1n) is 6.20. The quantitative estimate of drug-likeness (QED) is 0.682. The summed E-state index contributed by atoms with van der Waals surface area (Å²) in [4.78, 5) is 26.3. The molecule has 3 N–H and O–H groups in total. The maximum absolute atomic E-state index is 11.6. The number of hydrogen-bond donors (Lipinski definition) is 3. The predicted molar refractivity (Wildman–Crippen MR) is 72.3 cm³/mol. The second-order valence-electron chi connectivity index (χ2n) is 4.29. The Hall–Kier alpha value is -2.15. The Morgan fingerprint density at radius 1 is 1.40 bits per heavy atom. The van der Waals surface area contributed by atoms with Gasteiger partial charge in [-0.15, -0.1) is 0 Å². The molecule has 0 aliphatic heterocycles. The summed E-state index contributed by atoms with van der Waals surface area (Å²) in [5, 5.41) is 13.8. The molecule has 0 aliphatic carbocycles. The van der Waals surface area contributed by atoms with E-state index in [1.807, 2.05) is 25.1 Å². The Kier molecular flexibility index (Phi) is 6.45. The zero-order valence-electron chi connectivity index (χ0n) is 11.5. The van der Waals surface area contributed by atoms with Crippen molar-refractivity contribution >= 4 is 12.0 Å². The molecule has 2 amide bonds. The highest BCUT2D eigenvalue weighted by Gasteiger charge is 2.13. The number of nitrogens with zero attached hydrogens (tertiary/aromatic N) is 1. The molecule has 0 saturated carbocycles. The van der Waals surface area contributed by atoms with Crippen LogP contribution in [0.5, 0.6) is 0 Å². The van der Waals surface area contributed by atoms with Gasteiger partial charge in [0.05, 0.1) is 24.8 Å². The summed E-state index contributed by atoms with van der Waals surface area (Å²) < 4.78 is 4.95. The summed E-state index contributed by atoms with van der Waals surface area (Å²) in [6.07, 6.45) is -0.703. The number of aryl methyl sites for hydroxylation is 1. The number of aliphatic carboxylic acids is 1. The maximum atomic E-state index is 11.6. The van der Waals surface area contributed by atoms with Gasteiger partial charge in [0.2, 0.25) is 0 Å². The van der Waals surface area contributed by atoms with E-state index < -0.39 is 12.1 Å². The van der Waals surface area contributed by atoms with Gasteiger partial charge in [0.1, 0.15) is 0 Å². The van der Waals surface area contributed by atoms with Gasteiger partial charge in [0.25, 0.3) is 0 Å². The normalized spacial score (nSPS) is 11.7. The van der Waals surface area contributed by atoms with Crippen molar-refractivity contribution in [2.45, 2.75) is 26.0 Å². The molecule has 1 aromatic heterocycles. The summed E-state index contributed by atoms with van der Waals surface area (Å²) in [7, 11) is 1.41. The number of hydrogen-bond acceptors (Lipinski definition) is 4. The van der Waals surface area contributed by atoms with Gasteiger partial charge in [-0.2, -0.15) is 0 Å². The van der Waals surface area contributed by atoms with Crippen molar-refractivity contribution in [3.05, 3.63) is 29.6 Å². The van der Waals surface area contributed by atoms with Gasteiger partial charge in [-0.05, 0) is 19.1 Å². The molecule has 0 bridgehead atoms. The van der Waals surface area contributed by atoms with Crippen LogP contribution >= 0.6 is 0 Å². The Morgan fingerprint density at radius 2 is 2.15 bits per heavy atom. The molecule has 1 rings (SSSR count). The number of carboxylic acids is 1. The Morgan fingerprint density at radius 3 is 2.75 bits per heavy atom. The first-order chi connectivity index (χ1) is 9.51. The van der Waals surface area contributed by atoms with E-state index in [-0.39, 0.29) is 19.0 Å². The summed E-state index contributed by atoms with van der Waals surface area (Å²) in [5.74, 6) is -0.969. The van der Waals surface area contributed by atoms with Crippen molar-refractivity contribution in [3.8, 4) is 0 Å². The predicted octanol–water partition coefficient (Wildman–Crippen LogP) is 0.679. The van der Waals surface area contributed by atoms with Crippen molar-refractivity contribution in [1.29, 1.82) is 0 Å². The van der Waals surface area contributed by atoms with Crippen LogP contribution in [-0.2, 0) is 16.1 Å².